The molecule has 0 amide bonds. The first kappa shape index (κ1) is 13.9. The van der Waals surface area contributed by atoms with E-state index in [-0.39, 0.29) is 11.5 Å². The Morgan fingerprint density at radius 3 is 2.53 bits per heavy atom. The van der Waals surface area contributed by atoms with Gasteiger partial charge in [0.05, 0.1) is 5.92 Å². The molecular formula is C14H15F3O2. The fraction of sp³-hybridized carbons (Fsp3) is 0.500. The maximum atomic E-state index is 13.8. The van der Waals surface area contributed by atoms with E-state index in [9.17, 15) is 23.1 Å². The lowest BCUT2D eigenvalue weighted by molar-refractivity contribution is -0.143. The highest BCUT2D eigenvalue weighted by molar-refractivity contribution is 5.71. The Bertz CT molecular complexity index is 502. The molecule has 2 rings (SSSR count). The van der Waals surface area contributed by atoms with Crippen molar-refractivity contribution in [2.24, 2.45) is 11.8 Å². The molecule has 104 valence electrons. The molecule has 1 saturated carbocycles. The van der Waals surface area contributed by atoms with Crippen LogP contribution in [0.5, 0.6) is 0 Å². The van der Waals surface area contributed by atoms with Gasteiger partial charge in [-0.25, -0.2) is 13.2 Å². The SMILES string of the molecule is CC1CCC(C(=O)O)C(c2ccc(F)c(F)c2F)C1. The first-order valence-corrected chi connectivity index (χ1v) is 6.28. The normalized spacial score (nSPS) is 27.3. The summed E-state index contributed by atoms with van der Waals surface area (Å²) in [6, 6.07) is 2.01. The van der Waals surface area contributed by atoms with Gasteiger partial charge in [0.25, 0.3) is 0 Å². The Hall–Kier alpha value is -1.52. The lowest BCUT2D eigenvalue weighted by Gasteiger charge is -2.32. The summed E-state index contributed by atoms with van der Waals surface area (Å²) in [4.78, 5) is 11.2. The van der Waals surface area contributed by atoms with E-state index in [1.807, 2.05) is 6.92 Å². The first-order valence-electron chi connectivity index (χ1n) is 6.28. The summed E-state index contributed by atoms with van der Waals surface area (Å²) < 4.78 is 40.0. The van der Waals surface area contributed by atoms with Crippen LogP contribution in [0, 0.1) is 29.3 Å². The highest BCUT2D eigenvalue weighted by atomic mass is 19.2. The van der Waals surface area contributed by atoms with Crippen LogP contribution in [0.3, 0.4) is 0 Å². The second-order valence-corrected chi connectivity index (χ2v) is 5.23. The van der Waals surface area contributed by atoms with Crippen molar-refractivity contribution in [3.05, 3.63) is 35.1 Å². The minimum atomic E-state index is -1.53. The molecule has 0 spiro atoms. The van der Waals surface area contributed by atoms with Crippen LogP contribution in [0.25, 0.3) is 0 Å². The molecule has 0 aromatic heterocycles. The molecular weight excluding hydrogens is 257 g/mol. The molecule has 1 aliphatic carbocycles. The van der Waals surface area contributed by atoms with Crippen LogP contribution in [0.15, 0.2) is 12.1 Å². The lowest BCUT2D eigenvalue weighted by atomic mass is 9.71. The predicted molar refractivity (Wildman–Crippen MR) is 63.2 cm³/mol. The Labute approximate surface area is 109 Å². The molecule has 1 N–H and O–H groups in total. The maximum Gasteiger partial charge on any atom is 0.307 e. The van der Waals surface area contributed by atoms with Crippen molar-refractivity contribution in [1.29, 1.82) is 0 Å². The highest BCUT2D eigenvalue weighted by Gasteiger charge is 2.36. The first-order chi connectivity index (χ1) is 8.91. The highest BCUT2D eigenvalue weighted by Crippen LogP contribution is 2.42. The number of benzene rings is 1. The van der Waals surface area contributed by atoms with E-state index in [1.165, 1.54) is 0 Å². The van der Waals surface area contributed by atoms with Gasteiger partial charge in [0.2, 0.25) is 0 Å². The Morgan fingerprint density at radius 2 is 1.89 bits per heavy atom. The lowest BCUT2D eigenvalue weighted by Crippen LogP contribution is -2.29. The number of hydrogen-bond acceptors (Lipinski definition) is 1. The average Bonchev–Trinajstić information content (AvgIpc) is 2.35. The Kier molecular flexibility index (Phi) is 3.83. The molecule has 3 unspecified atom stereocenters. The smallest absolute Gasteiger partial charge is 0.307 e. The van der Waals surface area contributed by atoms with Crippen molar-refractivity contribution in [2.75, 3.05) is 0 Å². The van der Waals surface area contributed by atoms with Crippen LogP contribution in [0.4, 0.5) is 13.2 Å². The molecule has 2 nitrogen and oxygen atoms in total. The molecule has 1 fully saturated rings. The topological polar surface area (TPSA) is 37.3 Å². The van der Waals surface area contributed by atoms with Crippen molar-refractivity contribution in [2.45, 2.75) is 32.1 Å². The van der Waals surface area contributed by atoms with Gasteiger partial charge in [0.1, 0.15) is 0 Å². The Balaban J connectivity index is 2.42. The second-order valence-electron chi connectivity index (χ2n) is 5.23. The predicted octanol–water partition coefficient (Wildman–Crippen LogP) is 3.71. The molecule has 19 heavy (non-hydrogen) atoms. The van der Waals surface area contributed by atoms with E-state index in [2.05, 4.69) is 0 Å². The molecule has 1 aromatic carbocycles. The second kappa shape index (κ2) is 5.23. The number of carbonyl (C=O) groups is 1. The zero-order chi connectivity index (χ0) is 14.2. The van der Waals surface area contributed by atoms with Crippen molar-refractivity contribution in [3.63, 3.8) is 0 Å². The average molecular weight is 272 g/mol. The van der Waals surface area contributed by atoms with Crippen LogP contribution in [-0.2, 0) is 4.79 Å². The molecule has 3 atom stereocenters. The van der Waals surface area contributed by atoms with Crippen LogP contribution in [-0.4, -0.2) is 11.1 Å². The van der Waals surface area contributed by atoms with Crippen LogP contribution >= 0.6 is 0 Å². The minimum absolute atomic E-state index is 0.0298. The molecule has 1 aromatic rings. The zero-order valence-corrected chi connectivity index (χ0v) is 10.5. The van der Waals surface area contributed by atoms with Gasteiger partial charge in [0, 0.05) is 5.92 Å². The summed E-state index contributed by atoms with van der Waals surface area (Å²) in [7, 11) is 0. The number of hydrogen-bond donors (Lipinski definition) is 1. The van der Waals surface area contributed by atoms with E-state index in [0.717, 1.165) is 18.6 Å². The molecule has 1 aliphatic rings. The summed E-state index contributed by atoms with van der Waals surface area (Å²) in [5.41, 5.74) is -0.0298. The maximum absolute atomic E-state index is 13.8. The van der Waals surface area contributed by atoms with Gasteiger partial charge in [-0.15, -0.1) is 0 Å². The Morgan fingerprint density at radius 1 is 1.21 bits per heavy atom. The quantitative estimate of drug-likeness (QED) is 0.833. The zero-order valence-electron chi connectivity index (χ0n) is 10.5. The van der Waals surface area contributed by atoms with E-state index < -0.39 is 35.3 Å². The molecule has 0 saturated heterocycles. The number of carboxylic acid groups (broad SMARTS) is 1. The molecule has 0 radical (unpaired) electrons. The minimum Gasteiger partial charge on any atom is -0.481 e. The third-order valence-corrected chi connectivity index (χ3v) is 3.89. The standard InChI is InChI=1S/C14H15F3O2/c1-7-2-3-9(14(18)19)10(6-7)8-4-5-11(15)13(17)12(8)16/h4-5,7,9-10H,2-3,6H2,1H3,(H,18,19). The third-order valence-electron chi connectivity index (χ3n) is 3.89. The summed E-state index contributed by atoms with van der Waals surface area (Å²) >= 11 is 0. The number of rotatable bonds is 2. The van der Waals surface area contributed by atoms with Crippen LogP contribution in [0.2, 0.25) is 0 Å². The largest absolute Gasteiger partial charge is 0.481 e. The van der Waals surface area contributed by atoms with Gasteiger partial charge >= 0.3 is 5.97 Å². The van der Waals surface area contributed by atoms with Crippen molar-refractivity contribution < 1.29 is 23.1 Å². The third kappa shape index (κ3) is 2.60. The molecule has 0 heterocycles. The van der Waals surface area contributed by atoms with Crippen molar-refractivity contribution >= 4 is 5.97 Å². The van der Waals surface area contributed by atoms with Gasteiger partial charge in [-0.1, -0.05) is 13.0 Å². The number of halogens is 3. The van der Waals surface area contributed by atoms with Crippen LogP contribution in [0.1, 0.15) is 37.7 Å². The molecule has 0 aliphatic heterocycles. The number of aliphatic carboxylic acids is 1. The fourth-order valence-corrected chi connectivity index (χ4v) is 2.85. The van der Waals surface area contributed by atoms with Crippen molar-refractivity contribution in [1.82, 2.24) is 0 Å². The van der Waals surface area contributed by atoms with Gasteiger partial charge in [-0.05, 0) is 36.8 Å². The monoisotopic (exact) mass is 272 g/mol. The molecule has 0 bridgehead atoms. The van der Waals surface area contributed by atoms with E-state index >= 15 is 0 Å². The number of carboxylic acids is 1. The van der Waals surface area contributed by atoms with Gasteiger partial charge in [-0.2, -0.15) is 0 Å². The summed E-state index contributed by atoms with van der Waals surface area (Å²) in [6.07, 6.45) is 1.65. The summed E-state index contributed by atoms with van der Waals surface area (Å²) in [5, 5.41) is 9.18. The van der Waals surface area contributed by atoms with Gasteiger partial charge in [-0.3, -0.25) is 4.79 Å². The van der Waals surface area contributed by atoms with Crippen molar-refractivity contribution in [3.8, 4) is 0 Å². The van der Waals surface area contributed by atoms with Gasteiger partial charge < -0.3 is 5.11 Å². The van der Waals surface area contributed by atoms with Gasteiger partial charge in [0.15, 0.2) is 17.5 Å². The summed E-state index contributed by atoms with van der Waals surface area (Å²) in [6.45, 7) is 1.95. The van der Waals surface area contributed by atoms with E-state index in [0.29, 0.717) is 12.8 Å². The summed E-state index contributed by atoms with van der Waals surface area (Å²) in [5.74, 6) is -6.15. The molecule has 5 heteroatoms. The fourth-order valence-electron chi connectivity index (χ4n) is 2.85. The van der Waals surface area contributed by atoms with E-state index in [4.69, 9.17) is 0 Å². The van der Waals surface area contributed by atoms with E-state index in [1.54, 1.807) is 0 Å². The van der Waals surface area contributed by atoms with Crippen LogP contribution < -0.4 is 0 Å².